The molecule has 5 aliphatic heterocycles. The van der Waals surface area contributed by atoms with E-state index in [0.29, 0.717) is 91.2 Å². The lowest BCUT2D eigenvalue weighted by Gasteiger charge is -2.31. The summed E-state index contributed by atoms with van der Waals surface area (Å²) in [6, 6.07) is 34.9. The second-order valence-corrected chi connectivity index (χ2v) is 28.5. The summed E-state index contributed by atoms with van der Waals surface area (Å²) < 4.78 is 35.4. The van der Waals surface area contributed by atoms with Crippen LogP contribution < -0.4 is 44.1 Å². The van der Waals surface area contributed by atoms with Crippen LogP contribution >= 0.6 is 0 Å². The molecule has 1 spiro atoms. The number of unbranched alkanes of at least 4 members (excludes halogenated alkanes) is 2. The van der Waals surface area contributed by atoms with Crippen LogP contribution in [0.3, 0.4) is 0 Å². The number of amides is 6. The van der Waals surface area contributed by atoms with Gasteiger partial charge in [-0.1, -0.05) is 92.4 Å². The number of Topliss-reactive ketones (excluding diaryl/α,β-unsaturated/α-hetero) is 3. The molecule has 1 saturated heterocycles. The Kier molecular flexibility index (Phi) is 23.2. The lowest BCUT2D eigenvalue weighted by atomic mass is 9.89. The Hall–Kier alpha value is -10.8. The number of aryl methyl sites for hydroxylation is 1. The van der Waals surface area contributed by atoms with Crippen molar-refractivity contribution >= 4 is 69.9 Å². The van der Waals surface area contributed by atoms with E-state index in [1.54, 1.807) is 87.3 Å². The standard InChI is InChI=1S/C83H90N6O16/c1-51(2)65(41-63(91)46-84-76(93)32-28-62(90)29-33-77(94)87-47-59-16-9-8-14-55(59)22-23-57-15-10-11-17-68(57)87)78(95)85-52(3)71(92)38-53-18-20-54(21-19-53)49-105-82(99)89-69-44-75(73(102-6)43-67(69)80(97)88-50-83(34-35-83)45-70(88)81(89)98)104-37-13-7-12-36-103-74-40-58-24-27-61-39-60(56-25-30-64(100-4)31-26-56)48-86(61)79(96)66(58)42-72(74)101-5/h8-11,14-21,25-26,30-31,40,42-44,48,51-52,61,65,70,81,98H,7,12-13,24,27-29,32-39,41,45-47,49-50H2,1-6H3,(H,84,93)(H,85,95)/t52-,61+,65-,70-,81-/m0/s1. The fourth-order valence-electron chi connectivity index (χ4n) is 14.5. The van der Waals surface area contributed by atoms with Gasteiger partial charge < -0.3 is 58.9 Å². The van der Waals surface area contributed by atoms with E-state index < -0.39 is 47.9 Å². The predicted molar refractivity (Wildman–Crippen MR) is 392 cm³/mol. The van der Waals surface area contributed by atoms with E-state index in [1.807, 2.05) is 90.0 Å². The van der Waals surface area contributed by atoms with Crippen molar-refractivity contribution in [2.75, 3.05) is 57.4 Å². The molecule has 5 atom stereocenters. The highest BCUT2D eigenvalue weighted by atomic mass is 16.6. The van der Waals surface area contributed by atoms with E-state index in [4.69, 9.17) is 28.4 Å². The molecular weight excluding hydrogens is 1340 g/mol. The Bertz CT molecular complexity index is 4420. The molecule has 6 aromatic carbocycles. The first kappa shape index (κ1) is 73.9. The fraction of sp³-hybridized carbons (Fsp3) is 0.410. The van der Waals surface area contributed by atoms with Crippen LogP contribution in [0.15, 0.2) is 128 Å². The number of fused-ring (bicyclic) bond motifs is 6. The van der Waals surface area contributed by atoms with Gasteiger partial charge >= 0.3 is 6.09 Å². The molecule has 0 radical (unpaired) electrons. The zero-order chi connectivity index (χ0) is 74.1. The van der Waals surface area contributed by atoms with Crippen LogP contribution in [0, 0.1) is 29.1 Å². The molecule has 22 heteroatoms. The number of methoxy groups -OCH3 is 3. The van der Waals surface area contributed by atoms with Gasteiger partial charge in [-0.05, 0) is 158 Å². The number of rotatable bonds is 30. The minimum atomic E-state index is -1.46. The highest BCUT2D eigenvalue weighted by Crippen LogP contribution is 2.57. The van der Waals surface area contributed by atoms with E-state index in [-0.39, 0.29) is 128 Å². The smallest absolute Gasteiger partial charge is 0.416 e. The number of nitrogens with zero attached hydrogens (tertiary/aromatic N) is 4. The fourth-order valence-corrected chi connectivity index (χ4v) is 14.5. The molecule has 0 aromatic heterocycles. The van der Waals surface area contributed by atoms with Gasteiger partial charge in [-0.25, -0.2) is 9.69 Å². The molecule has 22 nitrogen and oxygen atoms in total. The number of carbonyl (C=O) groups excluding carboxylic acids is 9. The second kappa shape index (κ2) is 32.9. The number of carbonyl (C=O) groups is 9. The van der Waals surface area contributed by atoms with Crippen molar-refractivity contribution in [3.8, 4) is 40.6 Å². The summed E-state index contributed by atoms with van der Waals surface area (Å²) >= 11 is 0. The molecule has 3 N–H and O–H groups in total. The molecule has 6 aliphatic rings. The van der Waals surface area contributed by atoms with Crippen molar-refractivity contribution in [2.24, 2.45) is 17.3 Å². The lowest BCUT2D eigenvalue weighted by molar-refractivity contribution is -0.133. The maximum Gasteiger partial charge on any atom is 0.416 e. The summed E-state index contributed by atoms with van der Waals surface area (Å²) in [5.74, 6) is 4.94. The number of aliphatic hydroxyl groups is 1. The summed E-state index contributed by atoms with van der Waals surface area (Å²) in [6.45, 7) is 5.92. The van der Waals surface area contributed by atoms with Crippen molar-refractivity contribution in [1.29, 1.82) is 0 Å². The van der Waals surface area contributed by atoms with Gasteiger partial charge in [0.2, 0.25) is 17.7 Å². The number of nitrogens with one attached hydrogen (secondary N) is 2. The van der Waals surface area contributed by atoms with E-state index in [0.717, 1.165) is 64.2 Å². The number of hydrogen-bond donors (Lipinski definition) is 3. The predicted octanol–water partition coefficient (Wildman–Crippen LogP) is 11.1. The average Bonchev–Trinajstić information content (AvgIpc) is 1.57. The third-order valence-corrected chi connectivity index (χ3v) is 21.0. The molecule has 12 rings (SSSR count). The largest absolute Gasteiger partial charge is 0.497 e. The highest BCUT2D eigenvalue weighted by molar-refractivity contribution is 6.06. The summed E-state index contributed by atoms with van der Waals surface area (Å²) in [7, 11) is 4.67. The van der Waals surface area contributed by atoms with E-state index >= 15 is 0 Å². The average molecular weight is 1430 g/mol. The second-order valence-electron chi connectivity index (χ2n) is 28.5. The summed E-state index contributed by atoms with van der Waals surface area (Å²) in [4.78, 5) is 129. The van der Waals surface area contributed by atoms with Crippen LogP contribution in [0.5, 0.6) is 28.7 Å². The highest BCUT2D eigenvalue weighted by Gasteiger charge is 2.58. The Morgan fingerprint density at radius 2 is 1.34 bits per heavy atom. The van der Waals surface area contributed by atoms with Gasteiger partial charge in [-0.15, -0.1) is 0 Å². The van der Waals surface area contributed by atoms with Crippen molar-refractivity contribution in [3.63, 3.8) is 0 Å². The number of benzene rings is 6. The third kappa shape index (κ3) is 17.2. The Balaban J connectivity index is 0.591. The first-order chi connectivity index (χ1) is 50.7. The third-order valence-electron chi connectivity index (χ3n) is 21.0. The van der Waals surface area contributed by atoms with Gasteiger partial charge in [0, 0.05) is 86.0 Å². The molecule has 2 fully saturated rings. The zero-order valence-corrected chi connectivity index (χ0v) is 60.3. The van der Waals surface area contributed by atoms with Crippen molar-refractivity contribution in [2.45, 2.75) is 155 Å². The van der Waals surface area contributed by atoms with E-state index in [1.165, 1.54) is 7.11 Å². The zero-order valence-electron chi connectivity index (χ0n) is 60.3. The van der Waals surface area contributed by atoms with Gasteiger partial charge in [0.25, 0.3) is 11.8 Å². The minimum absolute atomic E-state index is 0.0384. The maximum atomic E-state index is 14.5. The number of ketones is 3. The van der Waals surface area contributed by atoms with Crippen LogP contribution in [-0.2, 0) is 59.5 Å². The number of para-hydroxylation sites is 1. The normalized spacial score (nSPS) is 17.8. The lowest BCUT2D eigenvalue weighted by Crippen LogP contribution is -2.50. The van der Waals surface area contributed by atoms with Crippen LogP contribution in [0.1, 0.15) is 164 Å². The summed E-state index contributed by atoms with van der Waals surface area (Å²) in [5, 5.41) is 17.5. The number of hydrogen-bond acceptors (Lipinski definition) is 16. The maximum absolute atomic E-state index is 14.5. The Morgan fingerprint density at radius 3 is 2.05 bits per heavy atom. The molecule has 6 amide bonds. The molecule has 1 saturated carbocycles. The molecule has 1 aliphatic carbocycles. The van der Waals surface area contributed by atoms with Gasteiger partial charge in [-0.3, -0.25) is 38.4 Å². The number of aliphatic hydroxyl groups excluding tert-OH is 1. The monoisotopic (exact) mass is 1430 g/mol. The molecule has 6 aromatic rings. The van der Waals surface area contributed by atoms with E-state index in [9.17, 15) is 48.3 Å². The molecular formula is C83H90N6O16. The Labute approximate surface area is 611 Å². The van der Waals surface area contributed by atoms with Crippen LogP contribution in [-0.4, -0.2) is 140 Å². The summed E-state index contributed by atoms with van der Waals surface area (Å²) in [5.41, 5.74) is 8.07. The first-order valence-electron chi connectivity index (χ1n) is 36.2. The molecule has 0 bridgehead atoms. The minimum Gasteiger partial charge on any atom is -0.497 e. The van der Waals surface area contributed by atoms with E-state index in [2.05, 4.69) is 22.5 Å². The topological polar surface area (TPSA) is 266 Å². The molecule has 0 unspecified atom stereocenters. The SMILES string of the molecule is COc1ccc(C2=CN3C(=O)c4cc(OC)c(OCCCCCOc5cc6c(cc5OC)C(=O)N5CC7(CC7)C[C@H]5[C@H](O)N6C(=O)OCc5ccc(CC(=O)[C@H](C)NC(=O)[C@@H](CC(=O)CNC(=O)CCC(=O)CCC(=O)N6Cc7ccccc7C#Cc7ccccc76)C(C)C)cc5)cc4CC[C@@H]3C2)cc1. The van der Waals surface area contributed by atoms with Gasteiger partial charge in [0.05, 0.1) is 76.7 Å². The van der Waals surface area contributed by atoms with Gasteiger partial charge in [0.15, 0.2) is 40.8 Å². The van der Waals surface area contributed by atoms with Gasteiger partial charge in [0.1, 0.15) is 18.1 Å². The summed E-state index contributed by atoms with van der Waals surface area (Å²) in [6.07, 6.45) is 5.50. The van der Waals surface area contributed by atoms with Crippen molar-refractivity contribution in [1.82, 2.24) is 20.4 Å². The van der Waals surface area contributed by atoms with Crippen molar-refractivity contribution in [3.05, 3.63) is 178 Å². The van der Waals surface area contributed by atoms with Gasteiger partial charge in [-0.2, -0.15) is 0 Å². The Morgan fingerprint density at radius 1 is 0.676 bits per heavy atom. The van der Waals surface area contributed by atoms with Crippen molar-refractivity contribution < 1.29 is 76.7 Å². The first-order valence-corrected chi connectivity index (χ1v) is 36.2. The quantitative estimate of drug-likeness (QED) is 0.0279. The van der Waals surface area contributed by atoms with Crippen LogP contribution in [0.25, 0.3) is 5.57 Å². The molecule has 548 valence electrons. The molecule has 5 heterocycles. The van der Waals surface area contributed by atoms with Crippen LogP contribution in [0.2, 0.25) is 0 Å². The number of ether oxygens (including phenoxy) is 6. The van der Waals surface area contributed by atoms with Crippen LogP contribution in [0.4, 0.5) is 16.2 Å². The number of anilines is 2. The molecule has 105 heavy (non-hydrogen) atoms.